The highest BCUT2D eigenvalue weighted by molar-refractivity contribution is 7.80. The molecule has 1 rings (SSSR count). The highest BCUT2D eigenvalue weighted by Crippen LogP contribution is 2.08. The number of hydrogen-bond acceptors (Lipinski definition) is 3. The number of nitrogens with one attached hydrogen (secondary N) is 2. The number of nitrogens with zero attached hydrogens (tertiary/aromatic N) is 1. The molecule has 11 heavy (non-hydrogen) atoms. The van der Waals surface area contributed by atoms with Crippen LogP contribution in [0.4, 0.5) is 5.82 Å². The quantitative estimate of drug-likeness (QED) is 0.426. The Morgan fingerprint density at radius 3 is 3.18 bits per heavy atom. The van der Waals surface area contributed by atoms with Crippen molar-refractivity contribution in [2.24, 2.45) is 5.73 Å². The van der Waals surface area contributed by atoms with Crippen molar-refractivity contribution in [1.82, 2.24) is 10.2 Å². The second-order valence-corrected chi connectivity index (χ2v) is 2.22. The summed E-state index contributed by atoms with van der Waals surface area (Å²) in [6, 6.07) is 0. The van der Waals surface area contributed by atoms with Crippen LogP contribution in [0.3, 0.4) is 0 Å². The minimum Gasteiger partial charge on any atom is -0.389 e. The zero-order valence-electron chi connectivity index (χ0n) is 5.50. The van der Waals surface area contributed by atoms with Gasteiger partial charge in [-0.3, -0.25) is 9.89 Å². The molecule has 0 saturated heterocycles. The molecular formula is C5H6N4OS. The molecule has 0 aliphatic heterocycles. The molecule has 1 amide bonds. The Bertz CT molecular complexity index is 282. The van der Waals surface area contributed by atoms with E-state index < -0.39 is 0 Å². The largest absolute Gasteiger partial charge is 0.389 e. The summed E-state index contributed by atoms with van der Waals surface area (Å²) in [6.07, 6.45) is 1.98. The van der Waals surface area contributed by atoms with Crippen LogP contribution >= 0.6 is 12.2 Å². The number of aromatic nitrogens is 2. The van der Waals surface area contributed by atoms with Crippen LogP contribution in [0.1, 0.15) is 5.56 Å². The van der Waals surface area contributed by atoms with E-state index in [0.29, 0.717) is 17.8 Å². The number of H-pyrrole nitrogens is 1. The number of amides is 1. The van der Waals surface area contributed by atoms with E-state index in [-0.39, 0.29) is 4.99 Å². The number of aromatic amines is 1. The van der Waals surface area contributed by atoms with Crippen LogP contribution in [0.5, 0.6) is 0 Å². The second-order valence-electron chi connectivity index (χ2n) is 1.79. The van der Waals surface area contributed by atoms with Crippen LogP contribution in [0, 0.1) is 0 Å². The van der Waals surface area contributed by atoms with Crippen LogP contribution in [0.2, 0.25) is 0 Å². The third-order valence-corrected chi connectivity index (χ3v) is 1.33. The van der Waals surface area contributed by atoms with Gasteiger partial charge in [-0.15, -0.1) is 0 Å². The van der Waals surface area contributed by atoms with Gasteiger partial charge in [-0.1, -0.05) is 12.2 Å². The van der Waals surface area contributed by atoms with Gasteiger partial charge in [0.2, 0.25) is 6.41 Å². The maximum atomic E-state index is 10.0. The van der Waals surface area contributed by atoms with Crippen LogP contribution < -0.4 is 11.1 Å². The van der Waals surface area contributed by atoms with Gasteiger partial charge in [0, 0.05) is 0 Å². The number of carbonyl (C=O) groups is 1. The summed E-state index contributed by atoms with van der Waals surface area (Å²) in [5.41, 5.74) is 5.84. The van der Waals surface area contributed by atoms with Crippen LogP contribution in [0.25, 0.3) is 0 Å². The molecule has 0 saturated carbocycles. The van der Waals surface area contributed by atoms with Crippen LogP contribution in [-0.4, -0.2) is 21.6 Å². The summed E-state index contributed by atoms with van der Waals surface area (Å²) in [6.45, 7) is 0. The molecular weight excluding hydrogens is 164 g/mol. The summed E-state index contributed by atoms with van der Waals surface area (Å²) in [5.74, 6) is 0.424. The van der Waals surface area contributed by atoms with Crippen molar-refractivity contribution in [3.8, 4) is 0 Å². The first-order valence-electron chi connectivity index (χ1n) is 2.79. The van der Waals surface area contributed by atoms with Crippen molar-refractivity contribution in [3.63, 3.8) is 0 Å². The van der Waals surface area contributed by atoms with Gasteiger partial charge >= 0.3 is 0 Å². The Hall–Kier alpha value is -1.43. The summed E-state index contributed by atoms with van der Waals surface area (Å²) in [7, 11) is 0. The molecule has 1 aromatic rings. The van der Waals surface area contributed by atoms with Gasteiger partial charge in [-0.05, 0) is 0 Å². The third-order valence-electron chi connectivity index (χ3n) is 1.11. The van der Waals surface area contributed by atoms with Gasteiger partial charge in [-0.2, -0.15) is 5.10 Å². The predicted molar refractivity (Wildman–Crippen MR) is 44.2 cm³/mol. The normalized spacial score (nSPS) is 9.09. The van der Waals surface area contributed by atoms with Gasteiger partial charge in [0.15, 0.2) is 0 Å². The van der Waals surface area contributed by atoms with Crippen molar-refractivity contribution in [1.29, 1.82) is 0 Å². The van der Waals surface area contributed by atoms with Crippen molar-refractivity contribution in [2.75, 3.05) is 5.32 Å². The maximum Gasteiger partial charge on any atom is 0.212 e. The average molecular weight is 170 g/mol. The van der Waals surface area contributed by atoms with E-state index in [0.717, 1.165) is 0 Å². The first-order chi connectivity index (χ1) is 5.25. The fourth-order valence-electron chi connectivity index (χ4n) is 0.642. The van der Waals surface area contributed by atoms with Gasteiger partial charge < -0.3 is 11.1 Å². The molecule has 5 nitrogen and oxygen atoms in total. The molecule has 6 heteroatoms. The average Bonchev–Trinajstić information content (AvgIpc) is 2.36. The Morgan fingerprint density at radius 1 is 1.91 bits per heavy atom. The molecule has 0 atom stereocenters. The molecule has 4 N–H and O–H groups in total. The molecule has 0 aliphatic carbocycles. The molecule has 0 bridgehead atoms. The van der Waals surface area contributed by atoms with E-state index in [1.54, 1.807) is 0 Å². The smallest absolute Gasteiger partial charge is 0.212 e. The van der Waals surface area contributed by atoms with E-state index >= 15 is 0 Å². The zero-order valence-corrected chi connectivity index (χ0v) is 6.31. The molecule has 0 radical (unpaired) electrons. The van der Waals surface area contributed by atoms with Crippen LogP contribution in [-0.2, 0) is 4.79 Å². The third kappa shape index (κ3) is 1.53. The molecule has 0 aliphatic rings. The number of thiocarbonyl (C=S) groups is 1. The molecule has 0 fully saturated rings. The second kappa shape index (κ2) is 3.11. The highest BCUT2D eigenvalue weighted by Gasteiger charge is 2.05. The summed E-state index contributed by atoms with van der Waals surface area (Å²) in [4.78, 5) is 10.2. The Kier molecular flexibility index (Phi) is 2.17. The van der Waals surface area contributed by atoms with Gasteiger partial charge in [0.1, 0.15) is 10.8 Å². The lowest BCUT2D eigenvalue weighted by molar-refractivity contribution is -0.105. The molecule has 0 unspecified atom stereocenters. The van der Waals surface area contributed by atoms with Gasteiger partial charge in [0.25, 0.3) is 0 Å². The standard InChI is InChI=1S/C5H6N4OS/c6-4(11)3-1-8-9-5(3)7-2-10/h1-2H,(H2,6,11)(H2,7,8,9,10). The zero-order chi connectivity index (χ0) is 8.27. The number of nitrogens with two attached hydrogens (primary N) is 1. The predicted octanol–water partition coefficient (Wildman–Crippen LogP) is -0.388. The monoisotopic (exact) mass is 170 g/mol. The molecule has 0 aromatic carbocycles. The van der Waals surface area contributed by atoms with E-state index in [9.17, 15) is 4.79 Å². The first kappa shape index (κ1) is 7.67. The van der Waals surface area contributed by atoms with Gasteiger partial charge in [0.05, 0.1) is 11.8 Å². The number of carbonyl (C=O) groups excluding carboxylic acids is 1. The lowest BCUT2D eigenvalue weighted by atomic mass is 10.3. The SMILES string of the molecule is NC(=S)c1cn[nH]c1NC=O. The fraction of sp³-hybridized carbons (Fsp3) is 0. The van der Waals surface area contributed by atoms with E-state index in [1.165, 1.54) is 6.20 Å². The van der Waals surface area contributed by atoms with Crippen molar-refractivity contribution < 1.29 is 4.79 Å². The number of anilines is 1. The van der Waals surface area contributed by atoms with E-state index in [4.69, 9.17) is 5.73 Å². The number of rotatable bonds is 3. The summed E-state index contributed by atoms with van der Waals surface area (Å²) >= 11 is 4.68. The minimum absolute atomic E-state index is 0.197. The topological polar surface area (TPSA) is 83.8 Å². The molecule has 1 aromatic heterocycles. The van der Waals surface area contributed by atoms with Crippen molar-refractivity contribution in [2.45, 2.75) is 0 Å². The lowest BCUT2D eigenvalue weighted by Gasteiger charge is -1.96. The molecule has 1 heterocycles. The van der Waals surface area contributed by atoms with Crippen LogP contribution in [0.15, 0.2) is 6.20 Å². The van der Waals surface area contributed by atoms with Crippen molar-refractivity contribution in [3.05, 3.63) is 11.8 Å². The Balaban J connectivity index is 2.95. The van der Waals surface area contributed by atoms with E-state index in [2.05, 4.69) is 27.7 Å². The minimum atomic E-state index is 0.197. The summed E-state index contributed by atoms with van der Waals surface area (Å²) < 4.78 is 0. The Morgan fingerprint density at radius 2 is 2.64 bits per heavy atom. The lowest BCUT2D eigenvalue weighted by Crippen LogP contribution is -2.11. The maximum absolute atomic E-state index is 10.0. The first-order valence-corrected chi connectivity index (χ1v) is 3.20. The van der Waals surface area contributed by atoms with Crippen molar-refractivity contribution >= 4 is 29.4 Å². The molecule has 0 spiro atoms. The Labute approximate surface area is 68.0 Å². The van der Waals surface area contributed by atoms with E-state index in [1.807, 2.05) is 0 Å². The summed E-state index contributed by atoms with van der Waals surface area (Å²) in [5, 5.41) is 8.55. The molecule has 58 valence electrons. The highest BCUT2D eigenvalue weighted by atomic mass is 32.1. The van der Waals surface area contributed by atoms with Gasteiger partial charge in [-0.25, -0.2) is 0 Å². The fourth-order valence-corrected chi connectivity index (χ4v) is 0.797. The number of hydrogen-bond donors (Lipinski definition) is 3.